The molecule has 0 aliphatic heterocycles. The molecule has 0 unspecified atom stereocenters. The molecule has 15 heteroatoms. The summed E-state index contributed by atoms with van der Waals surface area (Å²) in [5, 5.41) is 16.0. The molecule has 2 aromatic rings. The fraction of sp³-hybridized carbons (Fsp3) is 0.438. The van der Waals surface area contributed by atoms with Crippen LogP contribution in [-0.4, -0.2) is 43.9 Å². The molecule has 0 saturated heterocycles. The fourth-order valence-corrected chi connectivity index (χ4v) is 2.11. The molecule has 1 aromatic heterocycles. The van der Waals surface area contributed by atoms with E-state index in [0.717, 1.165) is 6.07 Å². The Kier molecular flexibility index (Phi) is 6.46. The number of non-ortho nitro benzene ring substituents is 1. The molecule has 0 radical (unpaired) electrons. The van der Waals surface area contributed by atoms with Gasteiger partial charge in [-0.3, -0.25) is 10.1 Å². The zero-order chi connectivity index (χ0) is 23.6. The first-order valence-corrected chi connectivity index (χ1v) is 8.40. The summed E-state index contributed by atoms with van der Waals surface area (Å²) < 4.78 is 81.0. The summed E-state index contributed by atoms with van der Waals surface area (Å²) in [5.74, 6) is -0.881. The van der Waals surface area contributed by atoms with Gasteiger partial charge in [0, 0.05) is 23.4 Å². The topological polar surface area (TPSA) is 115 Å². The second-order valence-corrected chi connectivity index (χ2v) is 7.15. The molecule has 0 aliphatic rings. The van der Waals surface area contributed by atoms with E-state index in [1.165, 1.54) is 18.2 Å². The highest BCUT2D eigenvalue weighted by molar-refractivity contribution is 5.58. The Morgan fingerprint density at radius 1 is 1.00 bits per heavy atom. The van der Waals surface area contributed by atoms with E-state index in [9.17, 15) is 36.5 Å². The predicted molar refractivity (Wildman–Crippen MR) is 96.1 cm³/mol. The van der Waals surface area contributed by atoms with Crippen LogP contribution < -0.4 is 15.4 Å². The highest BCUT2D eigenvalue weighted by Gasteiger charge is 2.59. The van der Waals surface area contributed by atoms with Gasteiger partial charge in [-0.15, -0.1) is 0 Å². The van der Waals surface area contributed by atoms with Crippen molar-refractivity contribution >= 4 is 23.3 Å². The number of alkyl halides is 6. The number of halogens is 6. The van der Waals surface area contributed by atoms with E-state index in [-0.39, 0.29) is 17.3 Å². The normalized spacial score (nSPS) is 12.6. The van der Waals surface area contributed by atoms with Crippen molar-refractivity contribution in [3.63, 3.8) is 0 Å². The van der Waals surface area contributed by atoms with Crippen LogP contribution in [0.15, 0.2) is 24.3 Å². The van der Waals surface area contributed by atoms with Crippen LogP contribution in [-0.2, 0) is 0 Å². The maximum Gasteiger partial charge on any atom is 0.434 e. The van der Waals surface area contributed by atoms with Crippen LogP contribution in [0.25, 0.3) is 0 Å². The van der Waals surface area contributed by atoms with Gasteiger partial charge in [-0.1, -0.05) is 6.07 Å². The number of benzene rings is 1. The van der Waals surface area contributed by atoms with Gasteiger partial charge in [-0.25, -0.2) is 0 Å². The van der Waals surface area contributed by atoms with E-state index < -0.39 is 40.9 Å². The molecule has 1 heterocycles. The number of aromatic nitrogens is 3. The zero-order valence-electron chi connectivity index (χ0n) is 16.2. The number of anilines is 3. The van der Waals surface area contributed by atoms with Gasteiger partial charge in [0.2, 0.25) is 11.9 Å². The molecule has 2 rings (SSSR count). The molecular formula is C16H16F6N6O3. The second kappa shape index (κ2) is 8.39. The van der Waals surface area contributed by atoms with Crippen molar-refractivity contribution < 1.29 is 36.0 Å². The Hall–Kier alpha value is -3.39. The number of nitrogens with one attached hydrogen (secondary N) is 2. The lowest BCUT2D eigenvalue weighted by Gasteiger charge is -2.24. The van der Waals surface area contributed by atoms with E-state index in [1.54, 1.807) is 20.8 Å². The Morgan fingerprint density at radius 2 is 1.58 bits per heavy atom. The van der Waals surface area contributed by atoms with Gasteiger partial charge in [-0.2, -0.15) is 41.3 Å². The van der Waals surface area contributed by atoms with Gasteiger partial charge in [0.05, 0.1) is 4.92 Å². The largest absolute Gasteiger partial charge is 0.440 e. The molecule has 9 nitrogen and oxygen atoms in total. The third kappa shape index (κ3) is 7.11. The summed E-state index contributed by atoms with van der Waals surface area (Å²) in [7, 11) is 0. The minimum Gasteiger partial charge on any atom is -0.440 e. The minimum atomic E-state index is -5.78. The van der Waals surface area contributed by atoms with Gasteiger partial charge in [0.15, 0.2) is 0 Å². The Morgan fingerprint density at radius 3 is 2.10 bits per heavy atom. The lowest BCUT2D eigenvalue weighted by molar-refractivity contribution is -0.384. The lowest BCUT2D eigenvalue weighted by Crippen LogP contribution is -2.47. The van der Waals surface area contributed by atoms with Crippen LogP contribution in [0.3, 0.4) is 0 Å². The van der Waals surface area contributed by atoms with E-state index in [0.29, 0.717) is 0 Å². The van der Waals surface area contributed by atoms with Crippen molar-refractivity contribution in [3.05, 3.63) is 34.4 Å². The van der Waals surface area contributed by atoms with Gasteiger partial charge >= 0.3 is 18.4 Å². The molecule has 0 aliphatic carbocycles. The average Bonchev–Trinajstić information content (AvgIpc) is 2.56. The number of ether oxygens (including phenoxy) is 1. The van der Waals surface area contributed by atoms with Gasteiger partial charge in [0.1, 0.15) is 0 Å². The quantitative estimate of drug-likeness (QED) is 0.370. The highest BCUT2D eigenvalue weighted by Crippen LogP contribution is 2.36. The van der Waals surface area contributed by atoms with Crippen molar-refractivity contribution in [2.45, 2.75) is 44.8 Å². The maximum absolute atomic E-state index is 12.8. The summed E-state index contributed by atoms with van der Waals surface area (Å²) in [6.45, 7) is 4.91. The summed E-state index contributed by atoms with van der Waals surface area (Å²) in [6.07, 6.45) is -15.7. The Bertz CT molecular complexity index is 931. The third-order valence-electron chi connectivity index (χ3n) is 3.23. The van der Waals surface area contributed by atoms with E-state index >= 15 is 0 Å². The summed E-state index contributed by atoms with van der Waals surface area (Å²) >= 11 is 0. The highest BCUT2D eigenvalue weighted by atomic mass is 19.4. The predicted octanol–water partition coefficient (Wildman–Crippen LogP) is 4.61. The Labute approximate surface area is 171 Å². The van der Waals surface area contributed by atoms with Crippen molar-refractivity contribution in [3.8, 4) is 6.01 Å². The van der Waals surface area contributed by atoms with E-state index in [1.807, 2.05) is 0 Å². The van der Waals surface area contributed by atoms with Crippen molar-refractivity contribution in [1.29, 1.82) is 0 Å². The molecule has 0 fully saturated rings. The maximum atomic E-state index is 12.8. The van der Waals surface area contributed by atoms with Crippen LogP contribution in [0, 0.1) is 10.1 Å². The number of nitro benzene ring substituents is 1. The van der Waals surface area contributed by atoms with Gasteiger partial charge in [-0.05, 0) is 26.8 Å². The molecule has 2 N–H and O–H groups in total. The summed E-state index contributed by atoms with van der Waals surface area (Å²) in [5.41, 5.74) is -0.997. The fourth-order valence-electron chi connectivity index (χ4n) is 2.11. The zero-order valence-corrected chi connectivity index (χ0v) is 16.2. The molecule has 0 atom stereocenters. The first kappa shape index (κ1) is 23.9. The van der Waals surface area contributed by atoms with E-state index in [4.69, 9.17) is 0 Å². The average molecular weight is 454 g/mol. The van der Waals surface area contributed by atoms with Crippen LogP contribution in [0.5, 0.6) is 6.01 Å². The van der Waals surface area contributed by atoms with Crippen LogP contribution >= 0.6 is 0 Å². The second-order valence-electron chi connectivity index (χ2n) is 7.15. The van der Waals surface area contributed by atoms with Gasteiger partial charge < -0.3 is 15.4 Å². The standard InChI is InChI=1S/C16H16F6N6O3/c1-14(2,3)27-12-24-11(23-8-5-4-6-9(7-8)28(29)30)25-13(26-12)31-10(15(17,18)19)16(20,21)22/h4-7,10H,1-3H3,(H2,23,24,25,26,27). The number of rotatable bonds is 6. The van der Waals surface area contributed by atoms with Crippen molar-refractivity contribution in [2.75, 3.05) is 10.6 Å². The smallest absolute Gasteiger partial charge is 0.434 e. The lowest BCUT2D eigenvalue weighted by atomic mass is 10.1. The third-order valence-corrected chi connectivity index (χ3v) is 3.23. The monoisotopic (exact) mass is 454 g/mol. The summed E-state index contributed by atoms with van der Waals surface area (Å²) in [6, 6.07) is 3.64. The molecule has 0 amide bonds. The number of hydrogen-bond donors (Lipinski definition) is 2. The first-order valence-electron chi connectivity index (χ1n) is 8.40. The molecular weight excluding hydrogens is 438 g/mol. The molecule has 0 bridgehead atoms. The SMILES string of the molecule is CC(C)(C)Nc1nc(Nc2cccc([N+](=O)[O-])c2)nc(OC(C(F)(F)F)C(F)(F)F)n1. The number of hydrogen-bond acceptors (Lipinski definition) is 8. The number of nitro groups is 1. The molecule has 170 valence electrons. The first-order chi connectivity index (χ1) is 14.0. The molecule has 0 saturated carbocycles. The summed E-state index contributed by atoms with van der Waals surface area (Å²) in [4.78, 5) is 20.9. The van der Waals surface area contributed by atoms with E-state index in [2.05, 4.69) is 30.3 Å². The van der Waals surface area contributed by atoms with Gasteiger partial charge in [0.25, 0.3) is 11.8 Å². The van der Waals surface area contributed by atoms with Crippen molar-refractivity contribution in [1.82, 2.24) is 15.0 Å². The molecule has 31 heavy (non-hydrogen) atoms. The Balaban J connectivity index is 2.45. The van der Waals surface area contributed by atoms with Crippen molar-refractivity contribution in [2.24, 2.45) is 0 Å². The van der Waals surface area contributed by atoms with Crippen LogP contribution in [0.2, 0.25) is 0 Å². The molecule has 0 spiro atoms. The number of nitrogens with zero attached hydrogens (tertiary/aromatic N) is 4. The molecule has 1 aromatic carbocycles. The minimum absolute atomic E-state index is 0.0521. The van der Waals surface area contributed by atoms with Crippen LogP contribution in [0.4, 0.5) is 49.6 Å². The van der Waals surface area contributed by atoms with Crippen LogP contribution in [0.1, 0.15) is 20.8 Å².